The summed E-state index contributed by atoms with van der Waals surface area (Å²) in [6.45, 7) is 3.38. The maximum Gasteiger partial charge on any atom is 0.270 e. The third-order valence-electron chi connectivity index (χ3n) is 4.11. The van der Waals surface area contributed by atoms with Gasteiger partial charge in [-0.15, -0.1) is 0 Å². The van der Waals surface area contributed by atoms with Crippen LogP contribution < -0.4 is 5.32 Å². The fourth-order valence-electron chi connectivity index (χ4n) is 2.86. The van der Waals surface area contributed by atoms with Gasteiger partial charge in [0.2, 0.25) is 5.91 Å². The Morgan fingerprint density at radius 2 is 1.64 bits per heavy atom. The Labute approximate surface area is 145 Å². The highest BCUT2D eigenvalue weighted by Gasteiger charge is 2.25. The van der Waals surface area contributed by atoms with Crippen molar-refractivity contribution in [1.82, 2.24) is 14.8 Å². The number of piperazine rings is 1. The summed E-state index contributed by atoms with van der Waals surface area (Å²) in [7, 11) is 0. The van der Waals surface area contributed by atoms with Crippen LogP contribution in [0.25, 0.3) is 0 Å². The van der Waals surface area contributed by atoms with E-state index in [1.807, 2.05) is 0 Å². The number of nitrogens with one attached hydrogen (secondary N) is 2. The minimum absolute atomic E-state index is 0.0512. The Hall–Kier alpha value is -3.09. The highest BCUT2D eigenvalue weighted by Crippen LogP contribution is 2.15. The minimum Gasteiger partial charge on any atom is -0.357 e. The number of carbonyl (C=O) groups is 3. The number of hydrogen-bond acceptors (Lipinski definition) is 3. The standard InChI is InChI=1S/C18H20N4O3/c1-13(23)20-15-5-2-4-14(12-15)17(24)21-8-10-22(11-9-21)18(25)16-6-3-7-19-16/h2-7,12,19H,8-11H2,1H3,(H,20,23). The van der Waals surface area contributed by atoms with E-state index in [9.17, 15) is 14.4 Å². The largest absolute Gasteiger partial charge is 0.357 e. The van der Waals surface area contributed by atoms with Crippen molar-refractivity contribution in [2.75, 3.05) is 31.5 Å². The zero-order chi connectivity index (χ0) is 17.8. The van der Waals surface area contributed by atoms with Crippen molar-refractivity contribution < 1.29 is 14.4 Å². The number of rotatable bonds is 3. The number of H-pyrrole nitrogens is 1. The van der Waals surface area contributed by atoms with E-state index in [-0.39, 0.29) is 17.7 Å². The Morgan fingerprint density at radius 1 is 0.960 bits per heavy atom. The summed E-state index contributed by atoms with van der Waals surface area (Å²) < 4.78 is 0. The Bertz CT molecular complexity index is 777. The number of anilines is 1. The molecule has 1 fully saturated rings. The lowest BCUT2D eigenvalue weighted by molar-refractivity contribution is -0.114. The lowest BCUT2D eigenvalue weighted by Gasteiger charge is -2.34. The monoisotopic (exact) mass is 340 g/mol. The van der Waals surface area contributed by atoms with Crippen LogP contribution in [0, 0.1) is 0 Å². The van der Waals surface area contributed by atoms with Gasteiger partial charge in [-0.1, -0.05) is 6.07 Å². The number of amides is 3. The summed E-state index contributed by atoms with van der Waals surface area (Å²) in [5.41, 5.74) is 1.68. The summed E-state index contributed by atoms with van der Waals surface area (Å²) >= 11 is 0. The molecule has 2 aromatic rings. The number of aromatic nitrogens is 1. The molecule has 2 N–H and O–H groups in total. The van der Waals surface area contributed by atoms with Gasteiger partial charge in [-0.2, -0.15) is 0 Å². The number of carbonyl (C=O) groups excluding carboxylic acids is 3. The van der Waals surface area contributed by atoms with Crippen molar-refractivity contribution >= 4 is 23.4 Å². The maximum absolute atomic E-state index is 12.6. The zero-order valence-corrected chi connectivity index (χ0v) is 14.0. The lowest BCUT2D eigenvalue weighted by atomic mass is 10.1. The quantitative estimate of drug-likeness (QED) is 0.889. The van der Waals surface area contributed by atoms with Crippen LogP contribution in [0.4, 0.5) is 5.69 Å². The third kappa shape index (κ3) is 3.88. The van der Waals surface area contributed by atoms with Crippen LogP contribution in [0.2, 0.25) is 0 Å². The molecule has 7 heteroatoms. The first-order chi connectivity index (χ1) is 12.0. The topological polar surface area (TPSA) is 85.5 Å². The van der Waals surface area contributed by atoms with Gasteiger partial charge in [0, 0.05) is 50.6 Å². The smallest absolute Gasteiger partial charge is 0.270 e. The Kier molecular flexibility index (Phi) is 4.83. The molecule has 3 rings (SSSR count). The van der Waals surface area contributed by atoms with Crippen LogP contribution in [-0.4, -0.2) is 58.7 Å². The van der Waals surface area contributed by atoms with Crippen molar-refractivity contribution in [3.63, 3.8) is 0 Å². The number of hydrogen-bond donors (Lipinski definition) is 2. The number of aromatic amines is 1. The van der Waals surface area contributed by atoms with Crippen LogP contribution in [0.3, 0.4) is 0 Å². The maximum atomic E-state index is 12.6. The predicted octanol–water partition coefficient (Wildman–Crippen LogP) is 1.57. The van der Waals surface area contributed by atoms with Crippen molar-refractivity contribution in [2.45, 2.75) is 6.92 Å². The molecule has 1 aromatic heterocycles. The normalized spacial score (nSPS) is 14.3. The molecule has 7 nitrogen and oxygen atoms in total. The lowest BCUT2D eigenvalue weighted by Crippen LogP contribution is -2.50. The van der Waals surface area contributed by atoms with Crippen molar-refractivity contribution in [2.24, 2.45) is 0 Å². The molecule has 0 saturated carbocycles. The Morgan fingerprint density at radius 3 is 2.24 bits per heavy atom. The van der Waals surface area contributed by atoms with Gasteiger partial charge in [-0.25, -0.2) is 0 Å². The molecule has 0 spiro atoms. The molecule has 130 valence electrons. The first-order valence-electron chi connectivity index (χ1n) is 8.14. The van der Waals surface area contributed by atoms with Crippen LogP contribution in [0.5, 0.6) is 0 Å². The molecule has 1 aliphatic heterocycles. The van der Waals surface area contributed by atoms with E-state index in [2.05, 4.69) is 10.3 Å². The van der Waals surface area contributed by atoms with Crippen LogP contribution in [0.15, 0.2) is 42.6 Å². The van der Waals surface area contributed by atoms with E-state index < -0.39 is 0 Å². The van der Waals surface area contributed by atoms with Crippen molar-refractivity contribution in [3.8, 4) is 0 Å². The second-order valence-corrected chi connectivity index (χ2v) is 5.93. The van der Waals surface area contributed by atoms with Gasteiger partial charge in [0.1, 0.15) is 5.69 Å². The van der Waals surface area contributed by atoms with Crippen LogP contribution in [-0.2, 0) is 4.79 Å². The van der Waals surface area contributed by atoms with E-state index in [1.165, 1.54) is 6.92 Å². The zero-order valence-electron chi connectivity index (χ0n) is 14.0. The molecule has 0 radical (unpaired) electrons. The van der Waals surface area contributed by atoms with Gasteiger partial charge in [0.05, 0.1) is 0 Å². The molecule has 0 unspecified atom stereocenters. The van der Waals surface area contributed by atoms with Gasteiger partial charge in [-0.3, -0.25) is 14.4 Å². The number of nitrogens with zero attached hydrogens (tertiary/aromatic N) is 2. The van der Waals surface area contributed by atoms with Gasteiger partial charge >= 0.3 is 0 Å². The van der Waals surface area contributed by atoms with Crippen molar-refractivity contribution in [1.29, 1.82) is 0 Å². The fraction of sp³-hybridized carbons (Fsp3) is 0.278. The highest BCUT2D eigenvalue weighted by atomic mass is 16.2. The van der Waals surface area contributed by atoms with Gasteiger partial charge in [-0.05, 0) is 30.3 Å². The molecule has 2 heterocycles. The van der Waals surface area contributed by atoms with Crippen molar-refractivity contribution in [3.05, 3.63) is 53.9 Å². The Balaban J connectivity index is 1.62. The van der Waals surface area contributed by atoms with Crippen LogP contribution >= 0.6 is 0 Å². The molecule has 0 atom stereocenters. The summed E-state index contributed by atoms with van der Waals surface area (Å²) in [6.07, 6.45) is 1.72. The molecule has 0 aliphatic carbocycles. The molecule has 3 amide bonds. The molecular weight excluding hydrogens is 320 g/mol. The molecule has 25 heavy (non-hydrogen) atoms. The van der Waals surface area contributed by atoms with E-state index in [4.69, 9.17) is 0 Å². The molecule has 1 saturated heterocycles. The molecule has 1 aromatic carbocycles. The van der Waals surface area contributed by atoms with Gasteiger partial charge < -0.3 is 20.1 Å². The predicted molar refractivity (Wildman–Crippen MR) is 93.3 cm³/mol. The second kappa shape index (κ2) is 7.21. The third-order valence-corrected chi connectivity index (χ3v) is 4.11. The first-order valence-corrected chi connectivity index (χ1v) is 8.14. The minimum atomic E-state index is -0.180. The summed E-state index contributed by atoms with van der Waals surface area (Å²) in [5, 5.41) is 2.67. The second-order valence-electron chi connectivity index (χ2n) is 5.93. The van der Waals surface area contributed by atoms with Gasteiger partial charge in [0.25, 0.3) is 11.8 Å². The molecule has 0 bridgehead atoms. The summed E-state index contributed by atoms with van der Waals surface area (Å²) in [5.74, 6) is -0.329. The van der Waals surface area contributed by atoms with Crippen LogP contribution in [0.1, 0.15) is 27.8 Å². The van der Waals surface area contributed by atoms with E-state index in [1.54, 1.807) is 52.4 Å². The summed E-state index contributed by atoms with van der Waals surface area (Å²) in [4.78, 5) is 42.5. The average Bonchev–Trinajstić information content (AvgIpc) is 3.15. The fourth-order valence-corrected chi connectivity index (χ4v) is 2.86. The number of benzene rings is 1. The van der Waals surface area contributed by atoms with E-state index >= 15 is 0 Å². The molecule has 1 aliphatic rings. The average molecular weight is 340 g/mol. The van der Waals surface area contributed by atoms with Gasteiger partial charge in [0.15, 0.2) is 0 Å². The first kappa shape index (κ1) is 16.8. The highest BCUT2D eigenvalue weighted by molar-refractivity contribution is 5.97. The molecular formula is C18H20N4O3. The summed E-state index contributed by atoms with van der Waals surface area (Å²) in [6, 6.07) is 10.4. The SMILES string of the molecule is CC(=O)Nc1cccc(C(=O)N2CCN(C(=O)c3ccc[nH]3)CC2)c1. The van der Waals surface area contributed by atoms with E-state index in [0.717, 1.165) is 0 Å². The van der Waals surface area contributed by atoms with E-state index in [0.29, 0.717) is 43.1 Å².